The summed E-state index contributed by atoms with van der Waals surface area (Å²) in [5.41, 5.74) is 1.99. The van der Waals surface area contributed by atoms with Gasteiger partial charge in [-0.05, 0) is 43.7 Å². The van der Waals surface area contributed by atoms with Crippen LogP contribution in [-0.4, -0.2) is 23.8 Å². The molecule has 5 rings (SSSR count). The molecule has 0 bridgehead atoms. The van der Waals surface area contributed by atoms with E-state index in [1.54, 1.807) is 31.2 Å². The van der Waals surface area contributed by atoms with Crippen LogP contribution in [0.15, 0.2) is 48.5 Å². The first-order valence-corrected chi connectivity index (χ1v) is 10.1. The van der Waals surface area contributed by atoms with E-state index in [-0.39, 0.29) is 23.9 Å². The molecule has 1 amide bonds. The Balaban J connectivity index is 1.44. The highest BCUT2D eigenvalue weighted by molar-refractivity contribution is 6.00. The van der Waals surface area contributed by atoms with Crippen LogP contribution in [0.2, 0.25) is 0 Å². The number of pyridine rings is 1. The largest absolute Gasteiger partial charge is 0.586 e. The summed E-state index contributed by atoms with van der Waals surface area (Å²) in [5, 5.41) is 12.0. The monoisotopic (exact) mass is 449 g/mol. The van der Waals surface area contributed by atoms with Crippen molar-refractivity contribution in [1.82, 2.24) is 4.98 Å². The average Bonchev–Trinajstić information content (AvgIpc) is 3.28. The number of hydrogen-bond acceptors (Lipinski definition) is 6. The predicted octanol–water partition coefficient (Wildman–Crippen LogP) is 4.54. The fourth-order valence-corrected chi connectivity index (χ4v) is 3.90. The highest BCUT2D eigenvalue weighted by Crippen LogP contribution is 2.50. The summed E-state index contributed by atoms with van der Waals surface area (Å²) in [6.07, 6.45) is -3.76. The minimum Gasteiger partial charge on any atom is -0.492 e. The van der Waals surface area contributed by atoms with Crippen LogP contribution in [0, 0.1) is 18.3 Å². The lowest BCUT2D eigenvalue weighted by Crippen LogP contribution is -2.39. The van der Waals surface area contributed by atoms with Gasteiger partial charge in [0.05, 0.1) is 17.3 Å². The number of hydrogen-bond donors (Lipinski definition) is 1. The van der Waals surface area contributed by atoms with Crippen molar-refractivity contribution in [3.8, 4) is 34.6 Å². The standard InChI is InChI=1S/C24H17F2N3O4/c1-13-6-7-20(28-21(13)15-5-3-4-14(8-15)11-27)29-22(30)23(2)12-31-17-10-19-18(9-16(17)23)32-24(25,26)33-19/h3-10H,12H2,1-2H3,(H,28,29,30). The van der Waals surface area contributed by atoms with Crippen molar-refractivity contribution in [3.05, 3.63) is 65.2 Å². The van der Waals surface area contributed by atoms with Gasteiger partial charge in [0.15, 0.2) is 11.5 Å². The number of halogens is 2. The maximum Gasteiger partial charge on any atom is 0.586 e. The third-order valence-electron chi connectivity index (χ3n) is 5.72. The van der Waals surface area contributed by atoms with Gasteiger partial charge in [-0.1, -0.05) is 18.2 Å². The van der Waals surface area contributed by atoms with E-state index in [9.17, 15) is 18.8 Å². The maximum atomic E-state index is 13.4. The number of alkyl halides is 2. The Morgan fingerprint density at radius 3 is 2.64 bits per heavy atom. The molecule has 2 aliphatic rings. The number of nitrogens with zero attached hydrogens (tertiary/aromatic N) is 2. The molecular weight excluding hydrogens is 432 g/mol. The first-order chi connectivity index (χ1) is 15.7. The summed E-state index contributed by atoms with van der Waals surface area (Å²) < 4.78 is 41.5. The maximum absolute atomic E-state index is 13.4. The van der Waals surface area contributed by atoms with Crippen molar-refractivity contribution in [2.45, 2.75) is 25.6 Å². The van der Waals surface area contributed by atoms with Crippen molar-refractivity contribution in [3.63, 3.8) is 0 Å². The van der Waals surface area contributed by atoms with E-state index >= 15 is 0 Å². The number of amides is 1. The van der Waals surface area contributed by atoms with E-state index in [2.05, 4.69) is 25.8 Å². The van der Waals surface area contributed by atoms with E-state index < -0.39 is 17.6 Å². The molecule has 7 nitrogen and oxygen atoms in total. The van der Waals surface area contributed by atoms with Gasteiger partial charge < -0.3 is 19.5 Å². The van der Waals surface area contributed by atoms with Crippen LogP contribution in [0.4, 0.5) is 14.6 Å². The van der Waals surface area contributed by atoms with Gasteiger partial charge in [0.25, 0.3) is 0 Å². The highest BCUT2D eigenvalue weighted by atomic mass is 19.3. The van der Waals surface area contributed by atoms with Crippen molar-refractivity contribution in [2.24, 2.45) is 0 Å². The zero-order chi connectivity index (χ0) is 23.4. The summed E-state index contributed by atoms with van der Waals surface area (Å²) in [6.45, 7) is 3.55. The van der Waals surface area contributed by atoms with Crippen LogP contribution >= 0.6 is 0 Å². The van der Waals surface area contributed by atoms with E-state index in [1.807, 2.05) is 19.1 Å². The molecule has 1 N–H and O–H groups in total. The first-order valence-electron chi connectivity index (χ1n) is 10.1. The SMILES string of the molecule is Cc1ccc(NC(=O)C2(C)COc3cc4c(cc32)OC(F)(F)O4)nc1-c1cccc(C#N)c1. The zero-order valence-corrected chi connectivity index (χ0v) is 17.6. The molecule has 1 atom stereocenters. The molecule has 0 saturated carbocycles. The predicted molar refractivity (Wildman–Crippen MR) is 113 cm³/mol. The number of ether oxygens (including phenoxy) is 3. The van der Waals surface area contributed by atoms with Gasteiger partial charge >= 0.3 is 6.29 Å². The molecule has 0 aliphatic carbocycles. The molecule has 2 aliphatic heterocycles. The number of rotatable bonds is 3. The molecule has 1 unspecified atom stereocenters. The average molecular weight is 449 g/mol. The molecule has 3 heterocycles. The lowest BCUT2D eigenvalue weighted by atomic mass is 9.83. The fourth-order valence-electron chi connectivity index (χ4n) is 3.90. The second-order valence-corrected chi connectivity index (χ2v) is 8.09. The van der Waals surface area contributed by atoms with Gasteiger partial charge in [-0.3, -0.25) is 4.79 Å². The van der Waals surface area contributed by atoms with Crippen molar-refractivity contribution in [2.75, 3.05) is 11.9 Å². The summed E-state index contributed by atoms with van der Waals surface area (Å²) in [4.78, 5) is 17.8. The molecule has 1 aromatic heterocycles. The van der Waals surface area contributed by atoms with Gasteiger partial charge in [0, 0.05) is 17.2 Å². The second kappa shape index (κ2) is 7.17. The van der Waals surface area contributed by atoms with Crippen LogP contribution in [0.25, 0.3) is 11.3 Å². The number of fused-ring (bicyclic) bond motifs is 2. The van der Waals surface area contributed by atoms with E-state index in [0.29, 0.717) is 22.6 Å². The topological polar surface area (TPSA) is 93.5 Å². The Labute approximate surface area is 187 Å². The Kier molecular flexibility index (Phi) is 4.50. The van der Waals surface area contributed by atoms with Gasteiger partial charge in [0.1, 0.15) is 23.6 Å². The number of carbonyl (C=O) groups is 1. The number of nitrogens with one attached hydrogen (secondary N) is 1. The van der Waals surface area contributed by atoms with Crippen LogP contribution in [0.3, 0.4) is 0 Å². The highest BCUT2D eigenvalue weighted by Gasteiger charge is 2.49. The fraction of sp³-hybridized carbons (Fsp3) is 0.208. The smallest absolute Gasteiger partial charge is 0.492 e. The third kappa shape index (κ3) is 3.49. The van der Waals surface area contributed by atoms with Gasteiger partial charge in [-0.2, -0.15) is 5.26 Å². The Morgan fingerprint density at radius 1 is 1.12 bits per heavy atom. The molecule has 0 saturated heterocycles. The van der Waals surface area contributed by atoms with E-state index in [1.165, 1.54) is 12.1 Å². The molecule has 33 heavy (non-hydrogen) atoms. The molecule has 2 aromatic carbocycles. The molecule has 3 aromatic rings. The summed E-state index contributed by atoms with van der Waals surface area (Å²) in [5.74, 6) is -0.132. The van der Waals surface area contributed by atoms with Gasteiger partial charge in [-0.15, -0.1) is 8.78 Å². The van der Waals surface area contributed by atoms with Gasteiger partial charge in [0.2, 0.25) is 5.91 Å². The quantitative estimate of drug-likeness (QED) is 0.631. The Bertz CT molecular complexity index is 1350. The number of aryl methyl sites for hydroxylation is 1. The summed E-state index contributed by atoms with van der Waals surface area (Å²) in [7, 11) is 0. The van der Waals surface area contributed by atoms with Crippen molar-refractivity contribution >= 4 is 11.7 Å². The van der Waals surface area contributed by atoms with Crippen LogP contribution < -0.4 is 19.5 Å². The molecule has 166 valence electrons. The minimum atomic E-state index is -3.76. The lowest BCUT2D eigenvalue weighted by Gasteiger charge is -2.22. The normalized spacial score (nSPS) is 19.4. The molecular formula is C24H17F2N3O4. The van der Waals surface area contributed by atoms with E-state index in [0.717, 1.165) is 11.1 Å². The van der Waals surface area contributed by atoms with Gasteiger partial charge in [-0.25, -0.2) is 4.98 Å². The van der Waals surface area contributed by atoms with E-state index in [4.69, 9.17) is 4.74 Å². The molecule has 0 radical (unpaired) electrons. The number of anilines is 1. The Morgan fingerprint density at radius 2 is 1.88 bits per heavy atom. The third-order valence-corrected chi connectivity index (χ3v) is 5.72. The number of carbonyl (C=O) groups excluding carboxylic acids is 1. The molecule has 0 fully saturated rings. The lowest BCUT2D eigenvalue weighted by molar-refractivity contribution is -0.286. The number of benzene rings is 2. The Hall–Kier alpha value is -4.19. The minimum absolute atomic E-state index is 0.0103. The zero-order valence-electron chi connectivity index (χ0n) is 17.6. The van der Waals surface area contributed by atoms with Crippen LogP contribution in [0.5, 0.6) is 17.2 Å². The van der Waals surface area contributed by atoms with Crippen molar-refractivity contribution in [1.29, 1.82) is 5.26 Å². The number of aromatic nitrogens is 1. The van der Waals surface area contributed by atoms with Crippen LogP contribution in [-0.2, 0) is 10.2 Å². The summed E-state index contributed by atoms with van der Waals surface area (Å²) >= 11 is 0. The summed E-state index contributed by atoms with van der Waals surface area (Å²) in [6, 6.07) is 15.3. The molecule has 9 heteroatoms. The number of nitriles is 1. The molecule has 0 spiro atoms. The van der Waals surface area contributed by atoms with Crippen LogP contribution in [0.1, 0.15) is 23.6 Å². The first kappa shape index (κ1) is 20.7. The second-order valence-electron chi connectivity index (χ2n) is 8.09. The van der Waals surface area contributed by atoms with Crippen molar-refractivity contribution < 1.29 is 27.8 Å².